The molecule has 0 atom stereocenters. The van der Waals surface area contributed by atoms with Crippen molar-refractivity contribution >= 4 is 23.4 Å². The number of hydrogen-bond acceptors (Lipinski definition) is 7. The summed E-state index contributed by atoms with van der Waals surface area (Å²) in [6.07, 6.45) is 0. The van der Waals surface area contributed by atoms with Crippen molar-refractivity contribution in [3.8, 4) is 28.6 Å². The number of anilines is 1. The van der Waals surface area contributed by atoms with E-state index in [0.717, 1.165) is 16.8 Å². The number of aryl methyl sites for hydroxylation is 1. The fourth-order valence-electron chi connectivity index (χ4n) is 2.93. The maximum atomic E-state index is 12.3. The predicted octanol–water partition coefficient (Wildman–Crippen LogP) is 3.55. The molecule has 9 heteroatoms. The van der Waals surface area contributed by atoms with Gasteiger partial charge in [-0.25, -0.2) is 0 Å². The second-order valence-electron chi connectivity index (χ2n) is 6.43. The molecule has 0 bridgehead atoms. The van der Waals surface area contributed by atoms with E-state index in [1.165, 1.54) is 11.8 Å². The number of benzene rings is 2. The summed E-state index contributed by atoms with van der Waals surface area (Å²) >= 11 is 1.31. The first-order valence-corrected chi connectivity index (χ1v) is 10.1. The van der Waals surface area contributed by atoms with E-state index in [-0.39, 0.29) is 11.7 Å². The highest BCUT2D eigenvalue weighted by Crippen LogP contribution is 2.41. The molecule has 1 aromatic heterocycles. The van der Waals surface area contributed by atoms with Gasteiger partial charge in [-0.2, -0.15) is 0 Å². The van der Waals surface area contributed by atoms with Crippen LogP contribution in [-0.2, 0) is 11.8 Å². The van der Waals surface area contributed by atoms with Crippen LogP contribution in [0.1, 0.15) is 5.56 Å². The predicted molar refractivity (Wildman–Crippen MR) is 117 cm³/mol. The highest BCUT2D eigenvalue weighted by Gasteiger charge is 2.19. The number of amides is 1. The number of methoxy groups -OCH3 is 3. The Labute approximate surface area is 179 Å². The zero-order valence-electron chi connectivity index (χ0n) is 17.6. The van der Waals surface area contributed by atoms with Crippen LogP contribution in [0.3, 0.4) is 0 Å². The summed E-state index contributed by atoms with van der Waals surface area (Å²) in [5.74, 6) is 2.30. The molecule has 0 radical (unpaired) electrons. The van der Waals surface area contributed by atoms with Crippen LogP contribution in [0, 0.1) is 6.92 Å². The van der Waals surface area contributed by atoms with Crippen LogP contribution in [-0.4, -0.2) is 47.8 Å². The standard InChI is InChI=1S/C21H24N4O4S/c1-13-8-6-7-9-15(13)22-18(26)12-30-21-24-23-20(25(21)2)14-10-16(27-3)19(29-5)17(11-14)28-4/h6-11H,12H2,1-5H3,(H,22,26). The SMILES string of the molecule is COc1cc(-c2nnc(SCC(=O)Nc3ccccc3C)n2C)cc(OC)c1OC. The van der Waals surface area contributed by atoms with E-state index in [2.05, 4.69) is 15.5 Å². The number of ether oxygens (including phenoxy) is 3. The van der Waals surface area contributed by atoms with Gasteiger partial charge in [-0.15, -0.1) is 10.2 Å². The monoisotopic (exact) mass is 428 g/mol. The van der Waals surface area contributed by atoms with E-state index in [1.54, 1.807) is 21.3 Å². The van der Waals surface area contributed by atoms with Crippen LogP contribution in [0.5, 0.6) is 17.2 Å². The van der Waals surface area contributed by atoms with Crippen molar-refractivity contribution in [3.05, 3.63) is 42.0 Å². The van der Waals surface area contributed by atoms with E-state index >= 15 is 0 Å². The fraction of sp³-hybridized carbons (Fsp3) is 0.286. The molecule has 0 aliphatic heterocycles. The Kier molecular flexibility index (Phi) is 6.83. The van der Waals surface area contributed by atoms with Crippen molar-refractivity contribution in [1.29, 1.82) is 0 Å². The van der Waals surface area contributed by atoms with Gasteiger partial charge in [0.15, 0.2) is 22.5 Å². The molecule has 1 N–H and O–H groups in total. The molecule has 3 aromatic rings. The quantitative estimate of drug-likeness (QED) is 0.549. The van der Waals surface area contributed by atoms with Crippen LogP contribution in [0.25, 0.3) is 11.4 Å². The fourth-order valence-corrected chi connectivity index (χ4v) is 3.64. The molecule has 0 spiro atoms. The summed E-state index contributed by atoms with van der Waals surface area (Å²) in [4.78, 5) is 12.3. The Morgan fingerprint density at radius 2 is 1.73 bits per heavy atom. The minimum atomic E-state index is -0.105. The third-order valence-corrected chi connectivity index (χ3v) is 5.53. The van der Waals surface area contributed by atoms with E-state index in [0.29, 0.717) is 28.2 Å². The summed E-state index contributed by atoms with van der Waals surface area (Å²) < 4.78 is 18.0. The number of carbonyl (C=O) groups excluding carboxylic acids is 1. The third kappa shape index (κ3) is 4.51. The first-order chi connectivity index (χ1) is 14.5. The van der Waals surface area contributed by atoms with Crippen molar-refractivity contribution in [2.75, 3.05) is 32.4 Å². The normalized spacial score (nSPS) is 10.6. The minimum absolute atomic E-state index is 0.105. The molecule has 0 unspecified atom stereocenters. The maximum absolute atomic E-state index is 12.3. The zero-order chi connectivity index (χ0) is 21.7. The van der Waals surface area contributed by atoms with Crippen LogP contribution in [0.4, 0.5) is 5.69 Å². The average molecular weight is 429 g/mol. The molecular weight excluding hydrogens is 404 g/mol. The van der Waals surface area contributed by atoms with Crippen molar-refractivity contribution < 1.29 is 19.0 Å². The smallest absolute Gasteiger partial charge is 0.234 e. The first kappa shape index (κ1) is 21.5. The van der Waals surface area contributed by atoms with E-state index in [1.807, 2.05) is 54.9 Å². The van der Waals surface area contributed by atoms with Crippen molar-refractivity contribution in [1.82, 2.24) is 14.8 Å². The van der Waals surface area contributed by atoms with Crippen LogP contribution in [0.15, 0.2) is 41.6 Å². The second-order valence-corrected chi connectivity index (χ2v) is 7.37. The van der Waals surface area contributed by atoms with Gasteiger partial charge in [-0.3, -0.25) is 4.79 Å². The van der Waals surface area contributed by atoms with Gasteiger partial charge in [0.2, 0.25) is 11.7 Å². The number of rotatable bonds is 8. The molecule has 0 saturated carbocycles. The molecule has 0 fully saturated rings. The lowest BCUT2D eigenvalue weighted by Gasteiger charge is -2.14. The lowest BCUT2D eigenvalue weighted by Crippen LogP contribution is -2.15. The van der Waals surface area contributed by atoms with Gasteiger partial charge in [0.25, 0.3) is 0 Å². The lowest BCUT2D eigenvalue weighted by molar-refractivity contribution is -0.113. The van der Waals surface area contributed by atoms with E-state index in [4.69, 9.17) is 14.2 Å². The summed E-state index contributed by atoms with van der Waals surface area (Å²) in [7, 11) is 6.53. The number of hydrogen-bond donors (Lipinski definition) is 1. The number of carbonyl (C=O) groups is 1. The molecule has 0 aliphatic carbocycles. The number of nitrogens with zero attached hydrogens (tertiary/aromatic N) is 3. The molecule has 158 valence electrons. The second kappa shape index (κ2) is 9.53. The van der Waals surface area contributed by atoms with Crippen molar-refractivity contribution in [3.63, 3.8) is 0 Å². The molecule has 30 heavy (non-hydrogen) atoms. The van der Waals surface area contributed by atoms with Crippen LogP contribution >= 0.6 is 11.8 Å². The molecule has 0 saturated heterocycles. The highest BCUT2D eigenvalue weighted by molar-refractivity contribution is 7.99. The van der Waals surface area contributed by atoms with Gasteiger partial charge < -0.3 is 24.1 Å². The van der Waals surface area contributed by atoms with Gasteiger partial charge >= 0.3 is 0 Å². The minimum Gasteiger partial charge on any atom is -0.493 e. The van der Waals surface area contributed by atoms with E-state index < -0.39 is 0 Å². The van der Waals surface area contributed by atoms with Crippen LogP contribution < -0.4 is 19.5 Å². The van der Waals surface area contributed by atoms with Gasteiger partial charge in [0.1, 0.15) is 0 Å². The van der Waals surface area contributed by atoms with Gasteiger partial charge in [0, 0.05) is 18.3 Å². The highest BCUT2D eigenvalue weighted by atomic mass is 32.2. The molecule has 1 amide bonds. The Balaban J connectivity index is 1.76. The average Bonchev–Trinajstić information content (AvgIpc) is 3.13. The summed E-state index contributed by atoms with van der Waals surface area (Å²) in [5.41, 5.74) is 2.58. The van der Waals surface area contributed by atoms with Crippen molar-refractivity contribution in [2.45, 2.75) is 12.1 Å². The summed E-state index contributed by atoms with van der Waals surface area (Å²) in [6, 6.07) is 11.3. The number of thioether (sulfide) groups is 1. The van der Waals surface area contributed by atoms with E-state index in [9.17, 15) is 4.79 Å². The molecule has 3 rings (SSSR count). The molecule has 8 nitrogen and oxygen atoms in total. The first-order valence-electron chi connectivity index (χ1n) is 9.16. The largest absolute Gasteiger partial charge is 0.493 e. The Morgan fingerprint density at radius 3 is 2.33 bits per heavy atom. The summed E-state index contributed by atoms with van der Waals surface area (Å²) in [6.45, 7) is 1.95. The zero-order valence-corrected chi connectivity index (χ0v) is 18.4. The molecule has 0 aliphatic rings. The van der Waals surface area contributed by atoms with Crippen molar-refractivity contribution in [2.24, 2.45) is 7.05 Å². The van der Waals surface area contributed by atoms with Crippen LogP contribution in [0.2, 0.25) is 0 Å². The molecule has 1 heterocycles. The maximum Gasteiger partial charge on any atom is 0.234 e. The third-order valence-electron chi connectivity index (χ3n) is 4.51. The Morgan fingerprint density at radius 1 is 1.07 bits per heavy atom. The molecule has 2 aromatic carbocycles. The number of nitrogens with one attached hydrogen (secondary N) is 1. The lowest BCUT2D eigenvalue weighted by atomic mass is 10.1. The Hall–Kier alpha value is -3.20. The topological polar surface area (TPSA) is 87.5 Å². The Bertz CT molecular complexity index is 1030. The van der Waals surface area contributed by atoms with Gasteiger partial charge in [-0.05, 0) is 30.7 Å². The number of aromatic nitrogens is 3. The summed E-state index contributed by atoms with van der Waals surface area (Å²) in [5, 5.41) is 12.0. The van der Waals surface area contributed by atoms with Gasteiger partial charge in [0.05, 0.1) is 27.1 Å². The number of para-hydroxylation sites is 1. The van der Waals surface area contributed by atoms with Gasteiger partial charge in [-0.1, -0.05) is 30.0 Å². The molecular formula is C21H24N4O4S.